The predicted octanol–water partition coefficient (Wildman–Crippen LogP) is 1.71. The van der Waals surface area contributed by atoms with Crippen LogP contribution in [0.25, 0.3) is 0 Å². The lowest BCUT2D eigenvalue weighted by Gasteiger charge is -2.26. The fourth-order valence-electron chi connectivity index (χ4n) is 5.83. The Balaban J connectivity index is 1.99. The number of aromatic nitrogens is 2. The molecule has 0 radical (unpaired) electrons. The fourth-order valence-corrected chi connectivity index (χ4v) is 7.47. The number of hydrogen-bond donors (Lipinski definition) is 7. The second-order valence-corrected chi connectivity index (χ2v) is 15.3. The predicted molar refractivity (Wildman–Crippen MR) is 200 cm³/mol. The van der Waals surface area contributed by atoms with Crippen molar-refractivity contribution in [3.8, 4) is 0 Å². The summed E-state index contributed by atoms with van der Waals surface area (Å²) in [6.45, 7) is 4.50. The number of rotatable bonds is 29. The van der Waals surface area contributed by atoms with Gasteiger partial charge in [-0.3, -0.25) is 28.9 Å². The van der Waals surface area contributed by atoms with Crippen LogP contribution in [0.15, 0.2) is 31.8 Å². The Kier molecular flexibility index (Phi) is 22.0. The molecule has 1 fully saturated rings. The molecular formula is C33H64N9O8P. The molecule has 11 N–H and O–H groups in total. The Morgan fingerprint density at radius 1 is 0.843 bits per heavy atom. The van der Waals surface area contributed by atoms with Gasteiger partial charge >= 0.3 is 13.3 Å². The minimum atomic E-state index is -3.74. The number of nitrogens with two attached hydrogens (primary N) is 4. The van der Waals surface area contributed by atoms with Crippen molar-refractivity contribution in [2.24, 2.45) is 32.9 Å². The van der Waals surface area contributed by atoms with Gasteiger partial charge in [-0.15, -0.1) is 0 Å². The lowest BCUT2D eigenvalue weighted by atomic mass is 10.1. The van der Waals surface area contributed by atoms with Crippen LogP contribution in [-0.4, -0.2) is 107 Å². The number of unbranched alkanes of at least 4 members (excludes halogenated alkanes) is 11. The highest BCUT2D eigenvalue weighted by atomic mass is 31.2. The molecule has 1 aliphatic heterocycles. The quantitative estimate of drug-likeness (QED) is 0.0267. The molecule has 0 aromatic carbocycles. The molecule has 1 aromatic rings. The molecule has 1 saturated heterocycles. The number of aliphatic hydroxyl groups is 2. The standard InChI is InChI=1S/C33H64N9O8P/c1-2-3-4-5-6-7-8-9-10-11-12-13-23-48-51(47,24-22-41(19-14-17-38-31(34)35)20-15-18-39-32(36)37)49-25-26-28(44)29(45)30(50-26)42-21-16-27(43)40-33(42)46/h16,21,26,28-30,44-45H,2-15,17-20,22-25H2,1H3,(H4,34,35,38)(H4,36,37,39)(H,40,43,46)/t26-,28?,29+,30-,51?/m1/s1. The van der Waals surface area contributed by atoms with Gasteiger partial charge in [0, 0.05) is 31.9 Å². The molecular weight excluding hydrogens is 681 g/mol. The van der Waals surface area contributed by atoms with E-state index in [0.717, 1.165) is 29.9 Å². The van der Waals surface area contributed by atoms with E-state index < -0.39 is 43.4 Å². The highest BCUT2D eigenvalue weighted by Crippen LogP contribution is 2.49. The van der Waals surface area contributed by atoms with Crippen molar-refractivity contribution in [2.75, 3.05) is 52.1 Å². The minimum Gasteiger partial charge on any atom is -0.387 e. The Labute approximate surface area is 301 Å². The summed E-state index contributed by atoms with van der Waals surface area (Å²) in [5.41, 5.74) is 20.4. The van der Waals surface area contributed by atoms with Gasteiger partial charge < -0.3 is 51.8 Å². The van der Waals surface area contributed by atoms with E-state index in [0.29, 0.717) is 52.0 Å². The molecule has 51 heavy (non-hydrogen) atoms. The van der Waals surface area contributed by atoms with Gasteiger partial charge in [0.15, 0.2) is 18.1 Å². The van der Waals surface area contributed by atoms with Crippen LogP contribution < -0.4 is 34.2 Å². The number of aromatic amines is 1. The molecule has 0 saturated carbocycles. The summed E-state index contributed by atoms with van der Waals surface area (Å²) in [6, 6.07) is 1.10. The molecule has 2 unspecified atom stereocenters. The van der Waals surface area contributed by atoms with E-state index in [-0.39, 0.29) is 31.3 Å². The summed E-state index contributed by atoms with van der Waals surface area (Å²) >= 11 is 0. The van der Waals surface area contributed by atoms with Crippen molar-refractivity contribution in [2.45, 2.75) is 121 Å². The third kappa shape index (κ3) is 18.5. The van der Waals surface area contributed by atoms with Gasteiger partial charge in [0.1, 0.15) is 18.3 Å². The maximum Gasteiger partial charge on any atom is 0.332 e. The number of nitrogens with one attached hydrogen (secondary N) is 1. The highest BCUT2D eigenvalue weighted by Gasteiger charge is 2.45. The molecule has 2 rings (SSSR count). The largest absolute Gasteiger partial charge is 0.387 e. The smallest absolute Gasteiger partial charge is 0.332 e. The highest BCUT2D eigenvalue weighted by molar-refractivity contribution is 7.53. The molecule has 294 valence electrons. The van der Waals surface area contributed by atoms with E-state index in [1.165, 1.54) is 57.6 Å². The minimum absolute atomic E-state index is 0.00696. The first-order valence-electron chi connectivity index (χ1n) is 18.5. The van der Waals surface area contributed by atoms with Crippen LogP contribution in [0.2, 0.25) is 0 Å². The van der Waals surface area contributed by atoms with E-state index in [1.807, 2.05) is 0 Å². The molecule has 17 nitrogen and oxygen atoms in total. The molecule has 0 spiro atoms. The summed E-state index contributed by atoms with van der Waals surface area (Å²) < 4.78 is 32.8. The average molecular weight is 746 g/mol. The zero-order valence-corrected chi connectivity index (χ0v) is 31.3. The summed E-state index contributed by atoms with van der Waals surface area (Å²) in [7, 11) is -3.74. The van der Waals surface area contributed by atoms with Crippen LogP contribution in [0.5, 0.6) is 0 Å². The lowest BCUT2D eigenvalue weighted by Crippen LogP contribution is -2.37. The Hall–Kier alpha value is -2.79. The molecule has 18 heteroatoms. The SMILES string of the molecule is CCCCCCCCCCCCCCOP(=O)(CCN(CCCN=C(N)N)CCCN=C(N)N)OC[C@H]1O[C@@H](n2ccc(=O)[nH]c2=O)[C@@H](O)C1O. The van der Waals surface area contributed by atoms with Crippen LogP contribution in [0.3, 0.4) is 0 Å². The van der Waals surface area contributed by atoms with Crippen LogP contribution in [0.4, 0.5) is 0 Å². The molecule has 0 amide bonds. The second-order valence-electron chi connectivity index (χ2n) is 13.1. The first-order chi connectivity index (χ1) is 24.5. The number of hydrogen-bond acceptors (Lipinski definition) is 11. The number of aliphatic imine (C=N–C) groups is 2. The van der Waals surface area contributed by atoms with Crippen molar-refractivity contribution in [3.63, 3.8) is 0 Å². The van der Waals surface area contributed by atoms with Gasteiger partial charge in [-0.25, -0.2) is 4.79 Å². The van der Waals surface area contributed by atoms with Crippen molar-refractivity contribution in [1.82, 2.24) is 14.5 Å². The van der Waals surface area contributed by atoms with E-state index in [4.69, 9.17) is 36.7 Å². The van der Waals surface area contributed by atoms with Gasteiger partial charge in [0.05, 0.1) is 19.4 Å². The van der Waals surface area contributed by atoms with Crippen LogP contribution in [0.1, 0.15) is 103 Å². The number of nitrogens with zero attached hydrogens (tertiary/aromatic N) is 4. The normalized spacial score (nSPS) is 20.0. The summed E-state index contributed by atoms with van der Waals surface area (Å²) in [6.07, 6.45) is 11.3. The van der Waals surface area contributed by atoms with E-state index >= 15 is 0 Å². The lowest BCUT2D eigenvalue weighted by molar-refractivity contribution is -0.0531. The molecule has 1 aliphatic rings. The third-order valence-corrected chi connectivity index (χ3v) is 10.6. The fraction of sp³-hybridized carbons (Fsp3) is 0.818. The van der Waals surface area contributed by atoms with E-state index in [9.17, 15) is 24.4 Å². The zero-order valence-electron chi connectivity index (χ0n) is 30.4. The van der Waals surface area contributed by atoms with Crippen molar-refractivity contribution < 1.29 is 28.6 Å². The van der Waals surface area contributed by atoms with Gasteiger partial charge in [-0.05, 0) is 32.4 Å². The van der Waals surface area contributed by atoms with Gasteiger partial charge in [-0.1, -0.05) is 77.6 Å². The van der Waals surface area contributed by atoms with Gasteiger partial charge in [-0.2, -0.15) is 0 Å². The Bertz CT molecular complexity index is 1300. The van der Waals surface area contributed by atoms with Crippen LogP contribution in [-0.2, 0) is 18.3 Å². The maximum atomic E-state index is 14.2. The van der Waals surface area contributed by atoms with Crippen molar-refractivity contribution in [3.05, 3.63) is 33.1 Å². The van der Waals surface area contributed by atoms with Gasteiger partial charge in [0.2, 0.25) is 0 Å². The number of H-pyrrole nitrogens is 1. The zero-order chi connectivity index (χ0) is 37.5. The summed E-state index contributed by atoms with van der Waals surface area (Å²) in [4.78, 5) is 36.1. The molecule has 0 bridgehead atoms. The van der Waals surface area contributed by atoms with Crippen LogP contribution >= 0.6 is 7.60 Å². The molecule has 0 aliphatic carbocycles. The number of ether oxygens (including phenoxy) is 1. The maximum absolute atomic E-state index is 14.2. The topological polar surface area (TPSA) is 272 Å². The average Bonchev–Trinajstić information content (AvgIpc) is 3.36. The third-order valence-electron chi connectivity index (χ3n) is 8.73. The first-order valence-corrected chi connectivity index (χ1v) is 20.2. The molecule has 1 aromatic heterocycles. The van der Waals surface area contributed by atoms with Gasteiger partial charge in [0.25, 0.3) is 5.56 Å². The van der Waals surface area contributed by atoms with Crippen LogP contribution in [0, 0.1) is 0 Å². The van der Waals surface area contributed by atoms with E-state index in [2.05, 4.69) is 26.8 Å². The Morgan fingerprint density at radius 3 is 1.92 bits per heavy atom. The Morgan fingerprint density at radius 2 is 1.39 bits per heavy atom. The van der Waals surface area contributed by atoms with Crippen molar-refractivity contribution in [1.29, 1.82) is 0 Å². The summed E-state index contributed by atoms with van der Waals surface area (Å²) in [5.74, 6) is 0.0139. The second kappa shape index (κ2) is 25.2. The molecule has 2 heterocycles. The van der Waals surface area contributed by atoms with E-state index in [1.54, 1.807) is 0 Å². The summed E-state index contributed by atoms with van der Waals surface area (Å²) in [5, 5.41) is 21.4. The monoisotopic (exact) mass is 745 g/mol. The number of guanidine groups is 2. The first kappa shape index (κ1) is 44.4. The number of aliphatic hydroxyl groups excluding tert-OH is 2. The van der Waals surface area contributed by atoms with Crippen molar-refractivity contribution >= 4 is 19.5 Å². The molecule has 5 atom stereocenters.